The zero-order valence-corrected chi connectivity index (χ0v) is 8.37. The molecule has 1 aliphatic rings. The first-order valence-corrected chi connectivity index (χ1v) is 6.24. The van der Waals surface area contributed by atoms with Crippen LogP contribution in [0.2, 0.25) is 0 Å². The second kappa shape index (κ2) is 3.61. The number of ether oxygens (including phenoxy) is 1. The van der Waals surface area contributed by atoms with Crippen molar-refractivity contribution in [3.8, 4) is 5.75 Å². The van der Waals surface area contributed by atoms with Crippen LogP contribution in [0.1, 0.15) is 12.8 Å². The Kier molecular flexibility index (Phi) is 2.45. The minimum atomic E-state index is -2.91. The van der Waals surface area contributed by atoms with Crippen molar-refractivity contribution >= 4 is 9.84 Å². The van der Waals surface area contributed by atoms with Gasteiger partial charge in [-0.3, -0.25) is 0 Å². The second-order valence-electron chi connectivity index (χ2n) is 3.36. The molecule has 1 fully saturated rings. The van der Waals surface area contributed by atoms with E-state index in [1.807, 2.05) is 0 Å². The predicted molar refractivity (Wildman–Crippen MR) is 48.8 cm³/mol. The number of aromatic nitrogens is 1. The lowest BCUT2D eigenvalue weighted by molar-refractivity contribution is 0.205. The molecule has 1 aliphatic heterocycles. The fraction of sp³-hybridized carbons (Fsp3) is 0.625. The average molecular weight is 217 g/mol. The monoisotopic (exact) mass is 217 g/mol. The van der Waals surface area contributed by atoms with Crippen LogP contribution in [0.15, 0.2) is 17.0 Å². The lowest BCUT2D eigenvalue weighted by atomic mass is 10.2. The Bertz CT molecular complexity index is 383. The Hall–Kier alpha value is -1.04. The molecule has 0 aromatic carbocycles. The summed E-state index contributed by atoms with van der Waals surface area (Å²) in [5.74, 6) is 0.862. The van der Waals surface area contributed by atoms with Gasteiger partial charge in [0.1, 0.15) is 12.3 Å². The summed E-state index contributed by atoms with van der Waals surface area (Å²) < 4.78 is 32.5. The van der Waals surface area contributed by atoms with Gasteiger partial charge in [-0.05, 0) is 12.8 Å². The minimum absolute atomic E-state index is 0.0954. The fourth-order valence-electron chi connectivity index (χ4n) is 1.52. The van der Waals surface area contributed by atoms with Gasteiger partial charge in [-0.25, -0.2) is 8.42 Å². The maximum absolute atomic E-state index is 11.3. The molecule has 1 unspecified atom stereocenters. The molecule has 0 spiro atoms. The number of nitrogens with zero attached hydrogens (tertiary/aromatic N) is 1. The SMILES string of the molecule is O=S1(=O)CCCC(Oc2cnoc2)C1. The largest absolute Gasteiger partial charge is 0.484 e. The zero-order chi connectivity index (χ0) is 10.0. The summed E-state index contributed by atoms with van der Waals surface area (Å²) in [6.45, 7) is 0. The van der Waals surface area contributed by atoms with Gasteiger partial charge in [0, 0.05) is 0 Å². The van der Waals surface area contributed by atoms with Gasteiger partial charge >= 0.3 is 0 Å². The van der Waals surface area contributed by atoms with Gasteiger partial charge in [-0.2, -0.15) is 0 Å². The summed E-state index contributed by atoms with van der Waals surface area (Å²) in [7, 11) is -2.91. The highest BCUT2D eigenvalue weighted by atomic mass is 32.2. The van der Waals surface area contributed by atoms with Crippen LogP contribution >= 0.6 is 0 Å². The molecule has 2 heterocycles. The van der Waals surface area contributed by atoms with E-state index in [0.29, 0.717) is 12.2 Å². The van der Waals surface area contributed by atoms with Crippen LogP contribution in [-0.4, -0.2) is 31.2 Å². The first-order chi connectivity index (χ1) is 6.66. The van der Waals surface area contributed by atoms with Crippen LogP contribution in [0.3, 0.4) is 0 Å². The third-order valence-electron chi connectivity index (χ3n) is 2.13. The van der Waals surface area contributed by atoms with E-state index in [2.05, 4.69) is 9.68 Å². The number of hydrogen-bond donors (Lipinski definition) is 0. The summed E-state index contributed by atoms with van der Waals surface area (Å²) in [4.78, 5) is 0. The van der Waals surface area contributed by atoms with Gasteiger partial charge in [0.05, 0.1) is 11.5 Å². The molecule has 0 bridgehead atoms. The molecule has 0 N–H and O–H groups in total. The molecule has 1 saturated heterocycles. The van der Waals surface area contributed by atoms with E-state index in [0.717, 1.165) is 6.42 Å². The van der Waals surface area contributed by atoms with E-state index in [9.17, 15) is 8.42 Å². The number of hydrogen-bond acceptors (Lipinski definition) is 5. The van der Waals surface area contributed by atoms with Gasteiger partial charge < -0.3 is 9.26 Å². The highest BCUT2D eigenvalue weighted by molar-refractivity contribution is 7.91. The Morgan fingerprint density at radius 3 is 3.07 bits per heavy atom. The van der Waals surface area contributed by atoms with Crippen molar-refractivity contribution in [3.63, 3.8) is 0 Å². The van der Waals surface area contributed by atoms with Gasteiger partial charge in [-0.15, -0.1) is 0 Å². The average Bonchev–Trinajstić information content (AvgIpc) is 2.54. The maximum Gasteiger partial charge on any atom is 0.179 e. The van der Waals surface area contributed by atoms with Gasteiger partial charge in [-0.1, -0.05) is 5.16 Å². The van der Waals surface area contributed by atoms with Crippen molar-refractivity contribution in [1.82, 2.24) is 5.16 Å². The lowest BCUT2D eigenvalue weighted by Gasteiger charge is -2.21. The van der Waals surface area contributed by atoms with Crippen LogP contribution in [0.25, 0.3) is 0 Å². The molecule has 1 aromatic heterocycles. The minimum Gasteiger partial charge on any atom is -0.484 e. The Balaban J connectivity index is 1.99. The van der Waals surface area contributed by atoms with Crippen LogP contribution in [0.5, 0.6) is 5.75 Å². The summed E-state index contributed by atoms with van der Waals surface area (Å²) in [6.07, 6.45) is 3.97. The molecule has 0 radical (unpaired) electrons. The molecular weight excluding hydrogens is 206 g/mol. The van der Waals surface area contributed by atoms with Crippen molar-refractivity contribution in [2.24, 2.45) is 0 Å². The smallest absolute Gasteiger partial charge is 0.179 e. The number of rotatable bonds is 2. The normalized spacial score (nSPS) is 25.9. The highest BCUT2D eigenvalue weighted by Gasteiger charge is 2.26. The molecule has 5 nitrogen and oxygen atoms in total. The quantitative estimate of drug-likeness (QED) is 0.726. The standard InChI is InChI=1S/C8H11NO4S/c10-14(11)3-1-2-7(6-14)13-8-4-9-12-5-8/h4-5,7H,1-3,6H2. The first-order valence-electron chi connectivity index (χ1n) is 4.42. The maximum atomic E-state index is 11.3. The highest BCUT2D eigenvalue weighted by Crippen LogP contribution is 2.18. The summed E-state index contributed by atoms with van der Waals surface area (Å²) in [6, 6.07) is 0. The van der Waals surface area contributed by atoms with Crippen LogP contribution in [0, 0.1) is 0 Å². The first kappa shape index (κ1) is 9.51. The molecule has 14 heavy (non-hydrogen) atoms. The van der Waals surface area contributed by atoms with Crippen LogP contribution in [-0.2, 0) is 9.84 Å². The van der Waals surface area contributed by atoms with E-state index in [-0.39, 0.29) is 17.6 Å². The predicted octanol–water partition coefficient (Wildman–Crippen LogP) is 0.631. The van der Waals surface area contributed by atoms with Crippen LogP contribution in [0.4, 0.5) is 0 Å². The molecule has 1 atom stereocenters. The summed E-state index contributed by atoms with van der Waals surface area (Å²) >= 11 is 0. The van der Waals surface area contributed by atoms with Crippen LogP contribution < -0.4 is 4.74 Å². The molecule has 6 heteroatoms. The zero-order valence-electron chi connectivity index (χ0n) is 7.55. The van der Waals surface area contributed by atoms with E-state index < -0.39 is 9.84 Å². The Morgan fingerprint density at radius 2 is 2.43 bits per heavy atom. The van der Waals surface area contributed by atoms with E-state index >= 15 is 0 Å². The van der Waals surface area contributed by atoms with Crippen molar-refractivity contribution < 1.29 is 17.7 Å². The molecule has 0 saturated carbocycles. The summed E-state index contributed by atoms with van der Waals surface area (Å²) in [5.41, 5.74) is 0. The molecule has 0 amide bonds. The van der Waals surface area contributed by atoms with Gasteiger partial charge in [0.15, 0.2) is 21.8 Å². The molecule has 1 aromatic rings. The third kappa shape index (κ3) is 2.25. The lowest BCUT2D eigenvalue weighted by Crippen LogP contribution is -2.33. The molecule has 2 rings (SSSR count). The molecule has 0 aliphatic carbocycles. The third-order valence-corrected chi connectivity index (χ3v) is 3.92. The van der Waals surface area contributed by atoms with Gasteiger partial charge in [0.25, 0.3) is 0 Å². The van der Waals surface area contributed by atoms with Crippen molar-refractivity contribution in [2.75, 3.05) is 11.5 Å². The van der Waals surface area contributed by atoms with Crippen molar-refractivity contribution in [3.05, 3.63) is 12.5 Å². The van der Waals surface area contributed by atoms with E-state index in [1.165, 1.54) is 12.5 Å². The van der Waals surface area contributed by atoms with E-state index in [4.69, 9.17) is 4.74 Å². The summed E-state index contributed by atoms with van der Waals surface area (Å²) in [5, 5.41) is 3.47. The second-order valence-corrected chi connectivity index (χ2v) is 5.59. The van der Waals surface area contributed by atoms with Crippen molar-refractivity contribution in [2.45, 2.75) is 18.9 Å². The topological polar surface area (TPSA) is 69.4 Å². The molecular formula is C8H11NO4S. The fourth-order valence-corrected chi connectivity index (χ4v) is 3.09. The Labute approximate surface area is 82.0 Å². The van der Waals surface area contributed by atoms with Crippen molar-refractivity contribution in [1.29, 1.82) is 0 Å². The van der Waals surface area contributed by atoms with Gasteiger partial charge in [0.2, 0.25) is 0 Å². The Morgan fingerprint density at radius 1 is 1.57 bits per heavy atom. The molecule has 78 valence electrons. The van der Waals surface area contributed by atoms with E-state index in [1.54, 1.807) is 0 Å². The number of sulfone groups is 1.